The van der Waals surface area contributed by atoms with Crippen LogP contribution in [0, 0.1) is 0 Å². The molecule has 1 aromatic rings. The molecule has 1 heterocycles. The molecule has 0 atom stereocenters. The highest BCUT2D eigenvalue weighted by Gasteiger charge is 2.20. The molecule has 2 rings (SSSR count). The maximum absolute atomic E-state index is 11.7. The van der Waals surface area contributed by atoms with Gasteiger partial charge in [-0.3, -0.25) is 9.69 Å². The van der Waals surface area contributed by atoms with Crippen LogP contribution in [0.5, 0.6) is 0 Å². The molecule has 104 valence electrons. The van der Waals surface area contributed by atoms with Gasteiger partial charge >= 0.3 is 0 Å². The van der Waals surface area contributed by atoms with Crippen LogP contribution in [-0.2, 0) is 4.79 Å². The zero-order valence-electron chi connectivity index (χ0n) is 11.7. The van der Waals surface area contributed by atoms with Crippen molar-refractivity contribution >= 4 is 17.3 Å². The second-order valence-corrected chi connectivity index (χ2v) is 5.11. The molecule has 1 aromatic carbocycles. The molecular formula is C14H22N4O. The van der Waals surface area contributed by atoms with Gasteiger partial charge in [0.2, 0.25) is 5.91 Å². The molecule has 0 unspecified atom stereocenters. The lowest BCUT2D eigenvalue weighted by Crippen LogP contribution is -2.49. The van der Waals surface area contributed by atoms with E-state index >= 15 is 0 Å². The van der Waals surface area contributed by atoms with Crippen molar-refractivity contribution < 1.29 is 4.79 Å². The van der Waals surface area contributed by atoms with Gasteiger partial charge in [0.15, 0.2) is 0 Å². The SMILES string of the molecule is CN(C)C(=O)CN1CCN(c2ccccc2N)CC1. The molecular weight excluding hydrogens is 240 g/mol. The van der Waals surface area contributed by atoms with Crippen molar-refractivity contribution in [1.29, 1.82) is 0 Å². The molecule has 0 bridgehead atoms. The first-order valence-electron chi connectivity index (χ1n) is 6.60. The molecule has 0 radical (unpaired) electrons. The van der Waals surface area contributed by atoms with E-state index in [1.807, 2.05) is 18.2 Å². The van der Waals surface area contributed by atoms with Gasteiger partial charge in [-0.2, -0.15) is 0 Å². The maximum Gasteiger partial charge on any atom is 0.236 e. The molecule has 1 aliphatic rings. The van der Waals surface area contributed by atoms with E-state index in [-0.39, 0.29) is 5.91 Å². The molecule has 0 aliphatic carbocycles. The van der Waals surface area contributed by atoms with Crippen LogP contribution in [0.2, 0.25) is 0 Å². The molecule has 2 N–H and O–H groups in total. The Hall–Kier alpha value is -1.75. The molecule has 19 heavy (non-hydrogen) atoms. The summed E-state index contributed by atoms with van der Waals surface area (Å²) in [5.41, 5.74) is 7.91. The van der Waals surface area contributed by atoms with E-state index in [0.29, 0.717) is 6.54 Å². The van der Waals surface area contributed by atoms with Crippen LogP contribution in [0.1, 0.15) is 0 Å². The van der Waals surface area contributed by atoms with Crippen LogP contribution in [-0.4, -0.2) is 62.5 Å². The van der Waals surface area contributed by atoms with E-state index in [1.165, 1.54) is 0 Å². The third-order valence-corrected chi connectivity index (χ3v) is 3.51. The van der Waals surface area contributed by atoms with E-state index in [2.05, 4.69) is 15.9 Å². The Labute approximate surface area is 114 Å². The fourth-order valence-electron chi connectivity index (χ4n) is 2.26. The molecule has 5 heteroatoms. The molecule has 1 amide bonds. The van der Waals surface area contributed by atoms with Crippen LogP contribution >= 0.6 is 0 Å². The highest BCUT2D eigenvalue weighted by atomic mass is 16.2. The normalized spacial score (nSPS) is 16.4. The Morgan fingerprint density at radius 1 is 1.21 bits per heavy atom. The monoisotopic (exact) mass is 262 g/mol. The van der Waals surface area contributed by atoms with E-state index in [1.54, 1.807) is 19.0 Å². The van der Waals surface area contributed by atoms with E-state index < -0.39 is 0 Å². The van der Waals surface area contributed by atoms with Gasteiger partial charge in [0.05, 0.1) is 17.9 Å². The van der Waals surface area contributed by atoms with Crippen LogP contribution in [0.3, 0.4) is 0 Å². The van der Waals surface area contributed by atoms with Gasteiger partial charge in [0.25, 0.3) is 0 Å². The Balaban J connectivity index is 1.89. The van der Waals surface area contributed by atoms with Gasteiger partial charge in [-0.25, -0.2) is 0 Å². The number of carbonyl (C=O) groups excluding carboxylic acids is 1. The molecule has 1 fully saturated rings. The van der Waals surface area contributed by atoms with Crippen molar-refractivity contribution in [3.63, 3.8) is 0 Å². The van der Waals surface area contributed by atoms with Gasteiger partial charge in [0.1, 0.15) is 0 Å². The summed E-state index contributed by atoms with van der Waals surface area (Å²) in [5, 5.41) is 0. The number of nitrogen functional groups attached to an aromatic ring is 1. The largest absolute Gasteiger partial charge is 0.397 e. The molecule has 1 saturated heterocycles. The Morgan fingerprint density at radius 3 is 2.42 bits per heavy atom. The third kappa shape index (κ3) is 3.38. The summed E-state index contributed by atoms with van der Waals surface area (Å²) in [6.45, 7) is 4.12. The smallest absolute Gasteiger partial charge is 0.236 e. The minimum atomic E-state index is 0.160. The number of piperazine rings is 1. The lowest BCUT2D eigenvalue weighted by Gasteiger charge is -2.36. The summed E-state index contributed by atoms with van der Waals surface area (Å²) in [6.07, 6.45) is 0. The summed E-state index contributed by atoms with van der Waals surface area (Å²) in [5.74, 6) is 0.160. The average molecular weight is 262 g/mol. The van der Waals surface area contributed by atoms with Crippen molar-refractivity contribution in [1.82, 2.24) is 9.80 Å². The zero-order chi connectivity index (χ0) is 13.8. The summed E-state index contributed by atoms with van der Waals surface area (Å²) in [6, 6.07) is 7.94. The van der Waals surface area contributed by atoms with E-state index in [9.17, 15) is 4.79 Å². The highest BCUT2D eigenvalue weighted by Crippen LogP contribution is 2.23. The quantitative estimate of drug-likeness (QED) is 0.805. The average Bonchev–Trinajstić information content (AvgIpc) is 2.40. The van der Waals surface area contributed by atoms with Gasteiger partial charge in [-0.1, -0.05) is 12.1 Å². The van der Waals surface area contributed by atoms with Crippen LogP contribution < -0.4 is 10.6 Å². The summed E-state index contributed by atoms with van der Waals surface area (Å²) < 4.78 is 0. The maximum atomic E-state index is 11.7. The van der Waals surface area contributed by atoms with Gasteiger partial charge in [-0.15, -0.1) is 0 Å². The summed E-state index contributed by atoms with van der Waals surface area (Å²) >= 11 is 0. The molecule has 5 nitrogen and oxygen atoms in total. The van der Waals surface area contributed by atoms with Crippen molar-refractivity contribution in [2.24, 2.45) is 0 Å². The molecule has 0 spiro atoms. The summed E-state index contributed by atoms with van der Waals surface area (Å²) in [4.78, 5) is 17.8. The van der Waals surface area contributed by atoms with E-state index in [0.717, 1.165) is 37.6 Å². The van der Waals surface area contributed by atoms with E-state index in [4.69, 9.17) is 5.73 Å². The molecule has 1 aliphatic heterocycles. The number of benzene rings is 1. The zero-order valence-corrected chi connectivity index (χ0v) is 11.7. The topological polar surface area (TPSA) is 52.8 Å². The van der Waals surface area contributed by atoms with Gasteiger partial charge in [0, 0.05) is 40.3 Å². The lowest BCUT2D eigenvalue weighted by atomic mass is 10.2. The number of amides is 1. The number of hydrogen-bond donors (Lipinski definition) is 1. The number of likely N-dealkylation sites (N-methyl/N-ethyl adjacent to an activating group) is 1. The van der Waals surface area contributed by atoms with Crippen LogP contribution in [0.25, 0.3) is 0 Å². The number of para-hydroxylation sites is 2. The minimum Gasteiger partial charge on any atom is -0.397 e. The van der Waals surface area contributed by atoms with Crippen molar-refractivity contribution in [2.75, 3.05) is 57.5 Å². The Bertz CT molecular complexity index is 439. The van der Waals surface area contributed by atoms with Crippen molar-refractivity contribution in [3.05, 3.63) is 24.3 Å². The number of hydrogen-bond acceptors (Lipinski definition) is 4. The minimum absolute atomic E-state index is 0.160. The van der Waals surface area contributed by atoms with Gasteiger partial charge < -0.3 is 15.5 Å². The first kappa shape index (κ1) is 13.7. The Morgan fingerprint density at radius 2 is 1.84 bits per heavy atom. The standard InChI is InChI=1S/C14H22N4O/c1-16(2)14(19)11-17-7-9-18(10-8-17)13-6-4-3-5-12(13)15/h3-6H,7-11,15H2,1-2H3. The summed E-state index contributed by atoms with van der Waals surface area (Å²) in [7, 11) is 3.59. The first-order chi connectivity index (χ1) is 9.08. The number of carbonyl (C=O) groups is 1. The molecule has 0 aromatic heterocycles. The highest BCUT2D eigenvalue weighted by molar-refractivity contribution is 5.77. The predicted molar refractivity (Wildman–Crippen MR) is 78.2 cm³/mol. The number of nitrogens with two attached hydrogens (primary N) is 1. The number of rotatable bonds is 3. The van der Waals surface area contributed by atoms with Crippen LogP contribution in [0.15, 0.2) is 24.3 Å². The first-order valence-corrected chi connectivity index (χ1v) is 6.60. The molecule has 0 saturated carbocycles. The predicted octanol–water partition coefficient (Wildman–Crippen LogP) is 0.479. The fourth-order valence-corrected chi connectivity index (χ4v) is 2.26. The van der Waals surface area contributed by atoms with Crippen molar-refractivity contribution in [3.8, 4) is 0 Å². The third-order valence-electron chi connectivity index (χ3n) is 3.51. The number of anilines is 2. The Kier molecular flexibility index (Phi) is 4.27. The second-order valence-electron chi connectivity index (χ2n) is 5.11. The number of nitrogens with zero attached hydrogens (tertiary/aromatic N) is 3. The van der Waals surface area contributed by atoms with Crippen LogP contribution in [0.4, 0.5) is 11.4 Å². The van der Waals surface area contributed by atoms with Crippen molar-refractivity contribution in [2.45, 2.75) is 0 Å². The lowest BCUT2D eigenvalue weighted by molar-refractivity contribution is -0.129. The fraction of sp³-hybridized carbons (Fsp3) is 0.500. The second kappa shape index (κ2) is 5.93. The van der Waals surface area contributed by atoms with Gasteiger partial charge in [-0.05, 0) is 12.1 Å².